The number of nitrogens with zero attached hydrogens (tertiary/aromatic N) is 1. The molecular weight excluding hydrogens is 390 g/mol. The second-order valence-electron chi connectivity index (χ2n) is 6.56. The molecule has 7 heteroatoms. The van der Waals surface area contributed by atoms with Crippen LogP contribution in [0.5, 0.6) is 23.0 Å². The first-order valence-corrected chi connectivity index (χ1v) is 10.6. The van der Waals surface area contributed by atoms with Crippen molar-refractivity contribution in [3.05, 3.63) is 47.5 Å². The monoisotopic (exact) mass is 417 g/mol. The standard InChI is InChI=1S/C22H27NO5S/c1-5-28-20-12-16(6-7-19(20)27-4)22-23(21(24)8-9-29-22)14-15-10-17(25-2)13-18(11-15)26-3/h6-7,10-13,22H,5,8-9,14H2,1-4H3. The van der Waals surface area contributed by atoms with Gasteiger partial charge in [-0.25, -0.2) is 0 Å². The Morgan fingerprint density at radius 3 is 2.34 bits per heavy atom. The maximum atomic E-state index is 12.8. The topological polar surface area (TPSA) is 57.2 Å². The van der Waals surface area contributed by atoms with Crippen LogP contribution in [-0.2, 0) is 11.3 Å². The van der Waals surface area contributed by atoms with Gasteiger partial charge in [0.05, 0.1) is 27.9 Å². The Kier molecular flexibility index (Phi) is 7.14. The zero-order valence-corrected chi connectivity index (χ0v) is 18.1. The van der Waals surface area contributed by atoms with E-state index in [9.17, 15) is 4.79 Å². The molecule has 1 heterocycles. The smallest absolute Gasteiger partial charge is 0.224 e. The van der Waals surface area contributed by atoms with Crippen LogP contribution < -0.4 is 18.9 Å². The highest BCUT2D eigenvalue weighted by Crippen LogP contribution is 2.41. The number of methoxy groups -OCH3 is 3. The first-order valence-electron chi connectivity index (χ1n) is 9.53. The minimum atomic E-state index is -0.0986. The van der Waals surface area contributed by atoms with Crippen molar-refractivity contribution in [2.45, 2.75) is 25.3 Å². The lowest BCUT2D eigenvalue weighted by atomic mass is 10.1. The third kappa shape index (κ3) is 4.90. The maximum absolute atomic E-state index is 12.8. The molecule has 0 N–H and O–H groups in total. The van der Waals surface area contributed by atoms with Crippen LogP contribution >= 0.6 is 11.8 Å². The molecule has 6 nitrogen and oxygen atoms in total. The van der Waals surface area contributed by atoms with Gasteiger partial charge in [0.1, 0.15) is 16.9 Å². The van der Waals surface area contributed by atoms with Crippen LogP contribution in [0.15, 0.2) is 36.4 Å². The lowest BCUT2D eigenvalue weighted by molar-refractivity contribution is -0.132. The highest BCUT2D eigenvalue weighted by molar-refractivity contribution is 7.99. The van der Waals surface area contributed by atoms with E-state index >= 15 is 0 Å². The average molecular weight is 418 g/mol. The summed E-state index contributed by atoms with van der Waals surface area (Å²) in [6, 6.07) is 11.6. The molecule has 0 radical (unpaired) electrons. The zero-order valence-electron chi connectivity index (χ0n) is 17.3. The first-order chi connectivity index (χ1) is 14.1. The third-order valence-corrected chi connectivity index (χ3v) is 6.01. The predicted octanol–water partition coefficient (Wildman–Crippen LogP) is 4.28. The Hall–Kier alpha value is -2.54. The summed E-state index contributed by atoms with van der Waals surface area (Å²) in [5, 5.41) is -0.0986. The highest BCUT2D eigenvalue weighted by Gasteiger charge is 2.30. The van der Waals surface area contributed by atoms with Gasteiger partial charge in [0, 0.05) is 24.8 Å². The molecule has 1 saturated heterocycles. The van der Waals surface area contributed by atoms with Gasteiger partial charge in [0.2, 0.25) is 5.91 Å². The van der Waals surface area contributed by atoms with E-state index in [1.807, 2.05) is 48.2 Å². The van der Waals surface area contributed by atoms with Crippen LogP contribution in [0, 0.1) is 0 Å². The number of carbonyl (C=O) groups is 1. The van der Waals surface area contributed by atoms with Crippen molar-refractivity contribution in [3.63, 3.8) is 0 Å². The van der Waals surface area contributed by atoms with E-state index in [4.69, 9.17) is 18.9 Å². The molecule has 0 saturated carbocycles. The van der Waals surface area contributed by atoms with Crippen molar-refractivity contribution in [2.75, 3.05) is 33.7 Å². The van der Waals surface area contributed by atoms with E-state index in [0.29, 0.717) is 42.6 Å². The lowest BCUT2D eigenvalue weighted by Crippen LogP contribution is -2.36. The summed E-state index contributed by atoms with van der Waals surface area (Å²) in [6.07, 6.45) is 0.525. The fraction of sp³-hybridized carbons (Fsp3) is 0.409. The number of amides is 1. The molecule has 0 aromatic heterocycles. The SMILES string of the molecule is CCOc1cc(C2SCCC(=O)N2Cc2cc(OC)cc(OC)c2)ccc1OC. The largest absolute Gasteiger partial charge is 0.497 e. The minimum Gasteiger partial charge on any atom is -0.497 e. The highest BCUT2D eigenvalue weighted by atomic mass is 32.2. The van der Waals surface area contributed by atoms with E-state index in [1.54, 1.807) is 33.1 Å². The molecule has 1 atom stereocenters. The number of carbonyl (C=O) groups excluding carboxylic acids is 1. The molecular formula is C22H27NO5S. The number of thioether (sulfide) groups is 1. The second-order valence-corrected chi connectivity index (χ2v) is 7.75. The number of ether oxygens (including phenoxy) is 4. The van der Waals surface area contributed by atoms with Gasteiger partial charge in [-0.05, 0) is 42.3 Å². The van der Waals surface area contributed by atoms with Gasteiger partial charge in [0.15, 0.2) is 11.5 Å². The van der Waals surface area contributed by atoms with Crippen LogP contribution in [0.2, 0.25) is 0 Å². The molecule has 1 fully saturated rings. The van der Waals surface area contributed by atoms with Crippen LogP contribution in [0.3, 0.4) is 0 Å². The van der Waals surface area contributed by atoms with Gasteiger partial charge in [-0.3, -0.25) is 4.79 Å². The maximum Gasteiger partial charge on any atom is 0.224 e. The lowest BCUT2D eigenvalue weighted by Gasteiger charge is -2.36. The van der Waals surface area contributed by atoms with Crippen molar-refractivity contribution >= 4 is 17.7 Å². The van der Waals surface area contributed by atoms with Crippen molar-refractivity contribution < 1.29 is 23.7 Å². The molecule has 0 spiro atoms. The number of benzene rings is 2. The summed E-state index contributed by atoms with van der Waals surface area (Å²) in [5.41, 5.74) is 1.97. The van der Waals surface area contributed by atoms with Crippen molar-refractivity contribution in [2.24, 2.45) is 0 Å². The second kappa shape index (κ2) is 9.78. The van der Waals surface area contributed by atoms with Crippen molar-refractivity contribution in [3.8, 4) is 23.0 Å². The molecule has 1 aliphatic heterocycles. The summed E-state index contributed by atoms with van der Waals surface area (Å²) in [6.45, 7) is 2.96. The van der Waals surface area contributed by atoms with Gasteiger partial charge in [-0.1, -0.05) is 6.07 Å². The van der Waals surface area contributed by atoms with Gasteiger partial charge < -0.3 is 23.8 Å². The molecule has 3 rings (SSSR count). The summed E-state index contributed by atoms with van der Waals surface area (Å²) >= 11 is 1.75. The van der Waals surface area contributed by atoms with E-state index in [2.05, 4.69) is 0 Å². The van der Waals surface area contributed by atoms with E-state index in [-0.39, 0.29) is 11.3 Å². The normalized spacial score (nSPS) is 16.5. The molecule has 2 aromatic carbocycles. The quantitative estimate of drug-likeness (QED) is 0.639. The molecule has 2 aromatic rings. The van der Waals surface area contributed by atoms with Gasteiger partial charge in [-0.15, -0.1) is 11.8 Å². The van der Waals surface area contributed by atoms with Crippen molar-refractivity contribution in [1.29, 1.82) is 0 Å². The molecule has 156 valence electrons. The molecule has 0 bridgehead atoms. The van der Waals surface area contributed by atoms with Crippen LogP contribution in [0.25, 0.3) is 0 Å². The summed E-state index contributed by atoms with van der Waals surface area (Å²) in [4.78, 5) is 14.7. The van der Waals surface area contributed by atoms with Crippen LogP contribution in [-0.4, -0.2) is 44.5 Å². The van der Waals surface area contributed by atoms with Gasteiger partial charge in [-0.2, -0.15) is 0 Å². The van der Waals surface area contributed by atoms with E-state index in [0.717, 1.165) is 16.9 Å². The number of rotatable bonds is 8. The average Bonchev–Trinajstić information content (AvgIpc) is 2.75. The van der Waals surface area contributed by atoms with E-state index < -0.39 is 0 Å². The number of hydrogen-bond donors (Lipinski definition) is 0. The van der Waals surface area contributed by atoms with E-state index in [1.165, 1.54) is 0 Å². The summed E-state index contributed by atoms with van der Waals surface area (Å²) < 4.78 is 21.9. The Labute approximate surface area is 176 Å². The zero-order chi connectivity index (χ0) is 20.8. The van der Waals surface area contributed by atoms with Crippen LogP contribution in [0.4, 0.5) is 0 Å². The molecule has 1 aliphatic rings. The van der Waals surface area contributed by atoms with Crippen LogP contribution in [0.1, 0.15) is 29.8 Å². The Morgan fingerprint density at radius 2 is 1.72 bits per heavy atom. The molecule has 1 amide bonds. The van der Waals surface area contributed by atoms with Crippen molar-refractivity contribution in [1.82, 2.24) is 4.90 Å². The first kappa shape index (κ1) is 21.2. The van der Waals surface area contributed by atoms with Gasteiger partial charge in [0.25, 0.3) is 0 Å². The molecule has 1 unspecified atom stereocenters. The summed E-state index contributed by atoms with van der Waals surface area (Å²) in [5.74, 6) is 3.70. The Bertz CT molecular complexity index is 835. The summed E-state index contributed by atoms with van der Waals surface area (Å²) in [7, 11) is 4.87. The minimum absolute atomic E-state index is 0.0986. The fourth-order valence-electron chi connectivity index (χ4n) is 3.34. The molecule has 29 heavy (non-hydrogen) atoms. The Morgan fingerprint density at radius 1 is 1.00 bits per heavy atom. The predicted molar refractivity (Wildman–Crippen MR) is 114 cm³/mol. The third-order valence-electron chi connectivity index (χ3n) is 4.73. The molecule has 0 aliphatic carbocycles. The number of hydrogen-bond acceptors (Lipinski definition) is 6. The Balaban J connectivity index is 1.92. The fourth-order valence-corrected chi connectivity index (χ4v) is 4.57. The van der Waals surface area contributed by atoms with Gasteiger partial charge >= 0.3 is 0 Å².